The van der Waals surface area contributed by atoms with Gasteiger partial charge in [0.25, 0.3) is 0 Å². The molecule has 0 aromatic heterocycles. The van der Waals surface area contributed by atoms with Gasteiger partial charge in [0.05, 0.1) is 6.54 Å². The molecule has 0 unspecified atom stereocenters. The Labute approximate surface area is 126 Å². The number of benzene rings is 1. The van der Waals surface area contributed by atoms with E-state index in [4.69, 9.17) is 10.5 Å². The highest BCUT2D eigenvalue weighted by atomic mass is 16.5. The predicted octanol–water partition coefficient (Wildman–Crippen LogP) is 1.92. The van der Waals surface area contributed by atoms with E-state index in [-0.39, 0.29) is 11.8 Å². The number of hydrogen-bond donors (Lipinski definition) is 2. The number of amides is 1. The first-order valence-corrected chi connectivity index (χ1v) is 7.45. The molecule has 2 rings (SSSR count). The van der Waals surface area contributed by atoms with Crippen molar-refractivity contribution in [3.05, 3.63) is 29.3 Å². The lowest BCUT2D eigenvalue weighted by molar-refractivity contribution is -0.122. The van der Waals surface area contributed by atoms with Gasteiger partial charge in [-0.25, -0.2) is 0 Å². The second-order valence-corrected chi connectivity index (χ2v) is 5.11. The van der Waals surface area contributed by atoms with Gasteiger partial charge in [-0.15, -0.1) is 0 Å². The molecule has 1 aromatic rings. The lowest BCUT2D eigenvalue weighted by Gasteiger charge is -2.22. The van der Waals surface area contributed by atoms with Crippen LogP contribution in [0.15, 0.2) is 18.2 Å². The molecule has 4 nitrogen and oxygen atoms in total. The zero-order chi connectivity index (χ0) is 15.1. The molecule has 1 saturated heterocycles. The minimum atomic E-state index is 0.0557. The van der Waals surface area contributed by atoms with E-state index in [2.05, 4.69) is 24.1 Å². The highest BCUT2D eigenvalue weighted by Gasteiger charge is 2.22. The largest absolute Gasteiger partial charge is 0.381 e. The van der Waals surface area contributed by atoms with Crippen molar-refractivity contribution in [2.45, 2.75) is 26.2 Å². The molecule has 1 heterocycles. The lowest BCUT2D eigenvalue weighted by atomic mass is 9.98. The molecule has 0 spiro atoms. The number of hydrogen-bond acceptors (Lipinski definition) is 3. The van der Waals surface area contributed by atoms with Crippen molar-refractivity contribution >= 4 is 11.6 Å². The van der Waals surface area contributed by atoms with E-state index in [9.17, 15) is 4.79 Å². The minimum absolute atomic E-state index is 0.0557. The maximum atomic E-state index is 12.3. The highest BCUT2D eigenvalue weighted by Crippen LogP contribution is 2.21. The van der Waals surface area contributed by atoms with E-state index in [0.29, 0.717) is 19.8 Å². The van der Waals surface area contributed by atoms with Gasteiger partial charge in [0.2, 0.25) is 5.91 Å². The normalized spacial score (nSPS) is 15.1. The van der Waals surface area contributed by atoms with Crippen molar-refractivity contribution in [3.63, 3.8) is 0 Å². The van der Waals surface area contributed by atoms with Gasteiger partial charge in [-0.05, 0) is 43.0 Å². The first-order valence-electron chi connectivity index (χ1n) is 7.45. The summed E-state index contributed by atoms with van der Waals surface area (Å²) in [5.74, 6) is 6.01. The monoisotopic (exact) mass is 286 g/mol. The maximum Gasteiger partial charge on any atom is 0.227 e. The number of carbonyl (C=O) groups excluding carboxylic acids is 1. The first kappa shape index (κ1) is 15.6. The third-order valence-corrected chi connectivity index (χ3v) is 3.67. The molecule has 1 amide bonds. The fourth-order valence-electron chi connectivity index (χ4n) is 2.43. The van der Waals surface area contributed by atoms with Crippen molar-refractivity contribution in [2.75, 3.05) is 25.1 Å². The van der Waals surface area contributed by atoms with Gasteiger partial charge in [-0.2, -0.15) is 0 Å². The summed E-state index contributed by atoms with van der Waals surface area (Å²) in [5.41, 5.74) is 8.29. The molecular formula is C17H22N2O2. The van der Waals surface area contributed by atoms with Crippen LogP contribution in [0.1, 0.15) is 30.9 Å². The molecule has 1 aromatic carbocycles. The van der Waals surface area contributed by atoms with Gasteiger partial charge in [-0.1, -0.05) is 18.8 Å². The molecule has 0 aliphatic carbocycles. The number of ether oxygens (including phenoxy) is 1. The summed E-state index contributed by atoms with van der Waals surface area (Å²) < 4.78 is 5.29. The Morgan fingerprint density at radius 1 is 1.43 bits per heavy atom. The van der Waals surface area contributed by atoms with E-state index < -0.39 is 0 Å². The SMILES string of the molecule is CCc1cc(C#CCN)ccc1NC(=O)C1CCOCC1. The van der Waals surface area contributed by atoms with Crippen LogP contribution in [0.25, 0.3) is 0 Å². The van der Waals surface area contributed by atoms with Crippen LogP contribution in [0.5, 0.6) is 0 Å². The molecule has 0 bridgehead atoms. The molecule has 1 aliphatic rings. The number of nitrogens with two attached hydrogens (primary N) is 1. The van der Waals surface area contributed by atoms with E-state index >= 15 is 0 Å². The summed E-state index contributed by atoms with van der Waals surface area (Å²) in [6.07, 6.45) is 2.45. The third kappa shape index (κ3) is 4.32. The van der Waals surface area contributed by atoms with Crippen molar-refractivity contribution in [2.24, 2.45) is 11.7 Å². The van der Waals surface area contributed by atoms with Crippen molar-refractivity contribution in [1.82, 2.24) is 0 Å². The molecule has 1 aliphatic heterocycles. The summed E-state index contributed by atoms with van der Waals surface area (Å²) in [6.45, 7) is 3.77. The Morgan fingerprint density at radius 2 is 2.19 bits per heavy atom. The Balaban J connectivity index is 2.09. The molecule has 3 N–H and O–H groups in total. The predicted molar refractivity (Wildman–Crippen MR) is 83.9 cm³/mol. The zero-order valence-electron chi connectivity index (χ0n) is 12.4. The molecule has 0 atom stereocenters. The Kier molecular flexibility index (Phi) is 5.79. The second kappa shape index (κ2) is 7.82. The number of aryl methyl sites for hydroxylation is 1. The van der Waals surface area contributed by atoms with Gasteiger partial charge >= 0.3 is 0 Å². The van der Waals surface area contributed by atoms with Crippen LogP contribution in [0.2, 0.25) is 0 Å². The highest BCUT2D eigenvalue weighted by molar-refractivity contribution is 5.93. The second-order valence-electron chi connectivity index (χ2n) is 5.11. The molecular weight excluding hydrogens is 264 g/mol. The summed E-state index contributed by atoms with van der Waals surface area (Å²) in [7, 11) is 0. The van der Waals surface area contributed by atoms with Gasteiger partial charge in [0.15, 0.2) is 0 Å². The molecule has 1 fully saturated rings. The standard InChI is InChI=1S/C17H22N2O2/c1-2-14-12-13(4-3-9-18)5-6-16(14)19-17(20)15-7-10-21-11-8-15/h5-6,12,15H,2,7-11,18H2,1H3,(H,19,20). The van der Waals surface area contributed by atoms with Gasteiger partial charge in [0, 0.05) is 30.4 Å². The molecule has 0 radical (unpaired) electrons. The molecule has 4 heteroatoms. The van der Waals surface area contributed by atoms with Gasteiger partial charge in [0.1, 0.15) is 0 Å². The topological polar surface area (TPSA) is 64.3 Å². The molecule has 112 valence electrons. The fraction of sp³-hybridized carbons (Fsp3) is 0.471. The third-order valence-electron chi connectivity index (χ3n) is 3.67. The maximum absolute atomic E-state index is 12.3. The summed E-state index contributed by atoms with van der Waals surface area (Å²) in [4.78, 5) is 12.3. The number of anilines is 1. The van der Waals surface area contributed by atoms with Gasteiger partial charge < -0.3 is 15.8 Å². The smallest absolute Gasteiger partial charge is 0.227 e. The van der Waals surface area contributed by atoms with Crippen LogP contribution in [-0.4, -0.2) is 25.7 Å². The molecule has 0 saturated carbocycles. The summed E-state index contributed by atoms with van der Waals surface area (Å²) >= 11 is 0. The minimum Gasteiger partial charge on any atom is -0.381 e. The average Bonchev–Trinajstić information content (AvgIpc) is 2.54. The number of carbonyl (C=O) groups is 1. The van der Waals surface area contributed by atoms with Gasteiger partial charge in [-0.3, -0.25) is 4.79 Å². The number of nitrogens with one attached hydrogen (secondary N) is 1. The van der Waals surface area contributed by atoms with Crippen LogP contribution in [0.3, 0.4) is 0 Å². The van der Waals surface area contributed by atoms with Crippen LogP contribution >= 0.6 is 0 Å². The quantitative estimate of drug-likeness (QED) is 0.834. The van der Waals surface area contributed by atoms with E-state index in [1.54, 1.807) is 0 Å². The summed E-state index contributed by atoms with van der Waals surface area (Å²) in [5, 5.41) is 3.05. The zero-order valence-corrected chi connectivity index (χ0v) is 12.4. The average molecular weight is 286 g/mol. The van der Waals surface area contributed by atoms with Crippen LogP contribution < -0.4 is 11.1 Å². The first-order chi connectivity index (χ1) is 10.2. The van der Waals surface area contributed by atoms with Crippen LogP contribution in [-0.2, 0) is 16.0 Å². The Bertz CT molecular complexity index is 552. The molecule has 21 heavy (non-hydrogen) atoms. The van der Waals surface area contributed by atoms with Crippen LogP contribution in [0, 0.1) is 17.8 Å². The Morgan fingerprint density at radius 3 is 2.86 bits per heavy atom. The Hall–Kier alpha value is -1.83. The van der Waals surface area contributed by atoms with Crippen molar-refractivity contribution in [3.8, 4) is 11.8 Å². The fourth-order valence-corrected chi connectivity index (χ4v) is 2.43. The lowest BCUT2D eigenvalue weighted by Crippen LogP contribution is -2.28. The van der Waals surface area contributed by atoms with Crippen molar-refractivity contribution < 1.29 is 9.53 Å². The van der Waals surface area contributed by atoms with E-state index in [1.807, 2.05) is 18.2 Å². The van der Waals surface area contributed by atoms with E-state index in [0.717, 1.165) is 36.1 Å². The van der Waals surface area contributed by atoms with E-state index in [1.165, 1.54) is 0 Å². The summed E-state index contributed by atoms with van der Waals surface area (Å²) in [6, 6.07) is 5.86. The number of rotatable bonds is 3. The van der Waals surface area contributed by atoms with Crippen LogP contribution in [0.4, 0.5) is 5.69 Å². The van der Waals surface area contributed by atoms with Crippen molar-refractivity contribution in [1.29, 1.82) is 0 Å².